The fourth-order valence-corrected chi connectivity index (χ4v) is 2.28. The summed E-state index contributed by atoms with van der Waals surface area (Å²) in [5, 5.41) is -0.173. The average Bonchev–Trinajstić information content (AvgIpc) is 2.50. The Balaban J connectivity index is 2.30. The van der Waals surface area contributed by atoms with Crippen molar-refractivity contribution in [3.8, 4) is 11.5 Å². The van der Waals surface area contributed by atoms with E-state index in [0.29, 0.717) is 5.70 Å². The number of carbonyl (C=O) groups is 1. The summed E-state index contributed by atoms with van der Waals surface area (Å²) in [6.45, 7) is 3.27. The lowest BCUT2D eigenvalue weighted by atomic mass is 10.1. The van der Waals surface area contributed by atoms with Crippen LogP contribution in [0.5, 0.6) is 11.5 Å². The molecule has 0 saturated carbocycles. The maximum Gasteiger partial charge on any atom is 0.514 e. The molecule has 1 aromatic heterocycles. The van der Waals surface area contributed by atoms with Gasteiger partial charge in [0.1, 0.15) is 11.8 Å². The number of rotatable bonds is 2. The Labute approximate surface area is 128 Å². The van der Waals surface area contributed by atoms with E-state index in [4.69, 9.17) is 9.47 Å². The van der Waals surface area contributed by atoms with Crippen LogP contribution in [0.15, 0.2) is 23.3 Å². The van der Waals surface area contributed by atoms with Gasteiger partial charge in [0.15, 0.2) is 17.3 Å². The van der Waals surface area contributed by atoms with Crippen molar-refractivity contribution in [2.45, 2.75) is 13.8 Å². The Hall–Kier alpha value is -2.90. The van der Waals surface area contributed by atoms with Crippen LogP contribution in [-0.4, -0.2) is 17.3 Å². The summed E-state index contributed by atoms with van der Waals surface area (Å²) < 4.78 is 43.5. The number of aromatic nitrogens is 1. The number of benzene rings is 1. The Morgan fingerprint density at radius 2 is 2.13 bits per heavy atom. The molecule has 1 aliphatic rings. The SMILES string of the molecule is CCOC(=O)Oc1cn2c3c(c(F)c(F)cc3c1=O)OC=C2C. The van der Waals surface area contributed by atoms with Crippen LogP contribution in [-0.2, 0) is 4.74 Å². The molecule has 0 radical (unpaired) electrons. The van der Waals surface area contributed by atoms with Gasteiger partial charge in [0.25, 0.3) is 0 Å². The van der Waals surface area contributed by atoms with Crippen molar-refractivity contribution in [1.82, 2.24) is 4.57 Å². The van der Waals surface area contributed by atoms with Crippen LogP contribution in [0.25, 0.3) is 16.6 Å². The predicted molar refractivity (Wildman–Crippen MR) is 76.3 cm³/mol. The highest BCUT2D eigenvalue weighted by Crippen LogP contribution is 2.35. The van der Waals surface area contributed by atoms with E-state index in [0.717, 1.165) is 6.07 Å². The number of hydrogen-bond donors (Lipinski definition) is 0. The van der Waals surface area contributed by atoms with E-state index in [9.17, 15) is 18.4 Å². The number of pyridine rings is 1. The zero-order valence-corrected chi connectivity index (χ0v) is 12.2. The Morgan fingerprint density at radius 3 is 2.83 bits per heavy atom. The van der Waals surface area contributed by atoms with E-state index in [1.54, 1.807) is 13.8 Å². The van der Waals surface area contributed by atoms with Gasteiger partial charge in [0.2, 0.25) is 11.2 Å². The molecular weight excluding hydrogens is 312 g/mol. The van der Waals surface area contributed by atoms with Gasteiger partial charge in [-0.25, -0.2) is 9.18 Å². The van der Waals surface area contributed by atoms with Crippen LogP contribution in [0, 0.1) is 11.6 Å². The number of halogens is 2. The molecule has 2 aromatic rings. The van der Waals surface area contributed by atoms with Crippen molar-refractivity contribution in [2.24, 2.45) is 0 Å². The molecule has 0 aliphatic carbocycles. The fraction of sp³-hybridized carbons (Fsp3) is 0.200. The number of nitrogens with zero attached hydrogens (tertiary/aromatic N) is 1. The van der Waals surface area contributed by atoms with Crippen LogP contribution in [0.1, 0.15) is 13.8 Å². The molecule has 120 valence electrons. The normalized spacial score (nSPS) is 12.6. The minimum atomic E-state index is -1.24. The lowest BCUT2D eigenvalue weighted by molar-refractivity contribution is 0.104. The van der Waals surface area contributed by atoms with Crippen molar-refractivity contribution in [3.05, 3.63) is 40.4 Å². The number of carbonyl (C=O) groups excluding carboxylic acids is 1. The molecule has 0 bridgehead atoms. The first-order valence-corrected chi connectivity index (χ1v) is 6.69. The molecule has 0 atom stereocenters. The number of allylic oxidation sites excluding steroid dienone is 1. The van der Waals surface area contributed by atoms with E-state index in [1.807, 2.05) is 0 Å². The standard InChI is InChI=1S/C15H11F2NO5/c1-3-21-15(20)23-10-5-18-7(2)6-22-14-11(17)9(16)4-8(12(14)18)13(10)19/h4-6H,3H2,1-2H3. The highest BCUT2D eigenvalue weighted by atomic mass is 19.2. The molecular formula is C15H11F2NO5. The van der Waals surface area contributed by atoms with E-state index >= 15 is 0 Å². The van der Waals surface area contributed by atoms with Gasteiger partial charge in [0.05, 0.1) is 23.9 Å². The van der Waals surface area contributed by atoms with Crippen LogP contribution in [0.3, 0.4) is 0 Å². The first-order valence-electron chi connectivity index (χ1n) is 6.69. The first kappa shape index (κ1) is 15.0. The fourth-order valence-electron chi connectivity index (χ4n) is 2.28. The molecule has 0 saturated heterocycles. The maximum atomic E-state index is 13.9. The summed E-state index contributed by atoms with van der Waals surface area (Å²) >= 11 is 0. The molecule has 23 heavy (non-hydrogen) atoms. The molecule has 0 spiro atoms. The third kappa shape index (κ3) is 2.32. The van der Waals surface area contributed by atoms with Crippen molar-refractivity contribution in [3.63, 3.8) is 0 Å². The highest BCUT2D eigenvalue weighted by molar-refractivity contribution is 5.90. The molecule has 3 rings (SSSR count). The smallest absolute Gasteiger partial charge is 0.458 e. The molecule has 0 fully saturated rings. The Kier molecular flexibility index (Phi) is 3.51. The summed E-state index contributed by atoms with van der Waals surface area (Å²) in [4.78, 5) is 23.8. The molecule has 6 nitrogen and oxygen atoms in total. The van der Waals surface area contributed by atoms with Gasteiger partial charge < -0.3 is 18.8 Å². The quantitative estimate of drug-likeness (QED) is 0.795. The van der Waals surface area contributed by atoms with Crippen LogP contribution in [0.4, 0.5) is 13.6 Å². The summed E-state index contributed by atoms with van der Waals surface area (Å²) in [6.07, 6.45) is 1.34. The van der Waals surface area contributed by atoms with Gasteiger partial charge in [-0.3, -0.25) is 4.79 Å². The Morgan fingerprint density at radius 1 is 1.39 bits per heavy atom. The average molecular weight is 323 g/mol. The lowest BCUT2D eigenvalue weighted by Crippen LogP contribution is -2.20. The van der Waals surface area contributed by atoms with Gasteiger partial charge in [-0.1, -0.05) is 0 Å². The monoisotopic (exact) mass is 323 g/mol. The number of hydrogen-bond acceptors (Lipinski definition) is 5. The molecule has 0 unspecified atom stereocenters. The zero-order chi connectivity index (χ0) is 16.7. The third-order valence-corrected chi connectivity index (χ3v) is 3.29. The summed E-state index contributed by atoms with van der Waals surface area (Å²) in [5.74, 6) is -3.20. The summed E-state index contributed by atoms with van der Waals surface area (Å²) in [7, 11) is 0. The van der Waals surface area contributed by atoms with E-state index in [-0.39, 0.29) is 23.3 Å². The maximum absolute atomic E-state index is 13.9. The van der Waals surface area contributed by atoms with Gasteiger partial charge in [0, 0.05) is 0 Å². The molecule has 2 heterocycles. The molecule has 0 amide bonds. The second-order valence-electron chi connectivity index (χ2n) is 4.75. The Bertz CT molecular complexity index is 916. The van der Waals surface area contributed by atoms with Crippen molar-refractivity contribution in [1.29, 1.82) is 0 Å². The van der Waals surface area contributed by atoms with Crippen molar-refractivity contribution < 1.29 is 27.8 Å². The molecule has 0 N–H and O–H groups in total. The predicted octanol–water partition coefficient (Wildman–Crippen LogP) is 3.03. The van der Waals surface area contributed by atoms with Crippen LogP contribution < -0.4 is 14.9 Å². The van der Waals surface area contributed by atoms with E-state index < -0.39 is 29.0 Å². The second kappa shape index (κ2) is 5.38. The number of ether oxygens (including phenoxy) is 3. The zero-order valence-electron chi connectivity index (χ0n) is 12.2. The van der Waals surface area contributed by atoms with Crippen LogP contribution in [0.2, 0.25) is 0 Å². The molecule has 1 aromatic carbocycles. The van der Waals surface area contributed by atoms with Gasteiger partial charge in [-0.2, -0.15) is 4.39 Å². The minimum absolute atomic E-state index is 0.0603. The third-order valence-electron chi connectivity index (χ3n) is 3.29. The summed E-state index contributed by atoms with van der Waals surface area (Å²) in [5.41, 5.74) is -0.227. The summed E-state index contributed by atoms with van der Waals surface area (Å²) in [6, 6.07) is 0.743. The lowest BCUT2D eigenvalue weighted by Gasteiger charge is -2.20. The molecule has 8 heteroatoms. The van der Waals surface area contributed by atoms with Gasteiger partial charge in [-0.15, -0.1) is 0 Å². The largest absolute Gasteiger partial charge is 0.514 e. The van der Waals surface area contributed by atoms with Crippen molar-refractivity contribution in [2.75, 3.05) is 6.61 Å². The first-order chi connectivity index (χ1) is 10.9. The highest BCUT2D eigenvalue weighted by Gasteiger charge is 2.25. The van der Waals surface area contributed by atoms with Gasteiger partial charge >= 0.3 is 6.16 Å². The van der Waals surface area contributed by atoms with Crippen molar-refractivity contribution >= 4 is 22.8 Å². The second-order valence-corrected chi connectivity index (χ2v) is 4.75. The van der Waals surface area contributed by atoms with Crippen LogP contribution >= 0.6 is 0 Å². The van der Waals surface area contributed by atoms with E-state index in [2.05, 4.69) is 4.74 Å². The molecule has 1 aliphatic heterocycles. The minimum Gasteiger partial charge on any atom is -0.458 e. The van der Waals surface area contributed by atoms with Gasteiger partial charge in [-0.05, 0) is 19.9 Å². The van der Waals surface area contributed by atoms with E-state index in [1.165, 1.54) is 17.0 Å². The topological polar surface area (TPSA) is 66.8 Å².